The van der Waals surface area contributed by atoms with Crippen molar-refractivity contribution in [2.45, 2.75) is 46.1 Å². The number of hydrogen-bond acceptors (Lipinski definition) is 3. The lowest BCUT2D eigenvalue weighted by Crippen LogP contribution is -2.42. The molecular weight excluding hydrogens is 244 g/mol. The Balaban J connectivity index is 2.27. The van der Waals surface area contributed by atoms with Crippen LogP contribution in [0.5, 0.6) is 0 Å². The molecule has 1 unspecified atom stereocenters. The van der Waals surface area contributed by atoms with E-state index in [-0.39, 0.29) is 24.5 Å². The van der Waals surface area contributed by atoms with Gasteiger partial charge in [0, 0.05) is 26.6 Å². The van der Waals surface area contributed by atoms with Gasteiger partial charge in [0.05, 0.1) is 12.6 Å². The van der Waals surface area contributed by atoms with Gasteiger partial charge in [-0.1, -0.05) is 13.8 Å². The van der Waals surface area contributed by atoms with Crippen molar-refractivity contribution in [2.75, 3.05) is 26.2 Å². The van der Waals surface area contributed by atoms with Crippen LogP contribution in [0, 0.1) is 5.92 Å². The molecule has 5 nitrogen and oxygen atoms in total. The van der Waals surface area contributed by atoms with E-state index in [0.717, 1.165) is 25.9 Å². The van der Waals surface area contributed by atoms with Gasteiger partial charge in [-0.3, -0.25) is 9.59 Å². The van der Waals surface area contributed by atoms with Crippen LogP contribution in [0.25, 0.3) is 0 Å². The van der Waals surface area contributed by atoms with E-state index in [9.17, 15) is 9.59 Å². The van der Waals surface area contributed by atoms with Gasteiger partial charge in [0.25, 0.3) is 0 Å². The van der Waals surface area contributed by atoms with Gasteiger partial charge in [-0.25, -0.2) is 0 Å². The molecule has 1 atom stereocenters. The topological polar surface area (TPSA) is 58.6 Å². The summed E-state index contributed by atoms with van der Waals surface area (Å²) < 4.78 is 5.44. The molecule has 1 N–H and O–H groups in total. The summed E-state index contributed by atoms with van der Waals surface area (Å²) in [5, 5.41) is 2.84. The van der Waals surface area contributed by atoms with Gasteiger partial charge in [0.2, 0.25) is 11.8 Å². The number of ether oxygens (including phenoxy) is 1. The summed E-state index contributed by atoms with van der Waals surface area (Å²) in [4.78, 5) is 24.9. The molecule has 0 aromatic carbocycles. The first kappa shape index (κ1) is 16.0. The second kappa shape index (κ2) is 8.15. The minimum atomic E-state index is -0.102. The summed E-state index contributed by atoms with van der Waals surface area (Å²) in [6, 6.07) is 0. The molecule has 1 saturated heterocycles. The summed E-state index contributed by atoms with van der Waals surface area (Å²) in [5.74, 6) is 0.374. The normalized spacial score (nSPS) is 18.6. The largest absolute Gasteiger partial charge is 0.376 e. The Morgan fingerprint density at radius 3 is 2.68 bits per heavy atom. The third kappa shape index (κ3) is 6.57. The van der Waals surface area contributed by atoms with Gasteiger partial charge in [-0.2, -0.15) is 0 Å². The highest BCUT2D eigenvalue weighted by Crippen LogP contribution is 2.10. The molecule has 19 heavy (non-hydrogen) atoms. The summed E-state index contributed by atoms with van der Waals surface area (Å²) in [5.41, 5.74) is 0. The third-order valence-corrected chi connectivity index (χ3v) is 3.31. The van der Waals surface area contributed by atoms with Crippen molar-refractivity contribution in [1.82, 2.24) is 10.2 Å². The van der Waals surface area contributed by atoms with Crippen molar-refractivity contribution >= 4 is 11.8 Å². The Hall–Kier alpha value is -1.10. The highest BCUT2D eigenvalue weighted by molar-refractivity contribution is 5.83. The van der Waals surface area contributed by atoms with E-state index >= 15 is 0 Å². The molecule has 0 aromatic heterocycles. The number of carbonyl (C=O) groups excluding carboxylic acids is 2. The number of hydrogen-bond donors (Lipinski definition) is 1. The molecule has 1 rings (SSSR count). The molecule has 0 aliphatic carbocycles. The maximum atomic E-state index is 11.8. The lowest BCUT2D eigenvalue weighted by Gasteiger charge is -2.22. The Bertz CT molecular complexity index is 299. The maximum Gasteiger partial charge on any atom is 0.239 e. The highest BCUT2D eigenvalue weighted by Gasteiger charge is 2.18. The molecule has 5 heteroatoms. The number of nitrogens with one attached hydrogen (secondary N) is 1. The summed E-state index contributed by atoms with van der Waals surface area (Å²) in [6.45, 7) is 7.84. The van der Waals surface area contributed by atoms with Crippen LogP contribution >= 0.6 is 0 Å². The van der Waals surface area contributed by atoms with Crippen LogP contribution < -0.4 is 5.32 Å². The molecule has 0 radical (unpaired) electrons. The fourth-order valence-corrected chi connectivity index (χ4v) is 2.02. The van der Waals surface area contributed by atoms with Crippen molar-refractivity contribution in [3.63, 3.8) is 0 Å². The number of amides is 2. The van der Waals surface area contributed by atoms with Gasteiger partial charge in [-0.05, 0) is 25.2 Å². The molecule has 2 amide bonds. The number of carbonyl (C=O) groups is 2. The SMILES string of the molecule is CC(=O)N(CCC(C)C)CC(=O)NCC1CCCO1. The van der Waals surface area contributed by atoms with E-state index in [1.54, 1.807) is 4.90 Å². The molecule has 110 valence electrons. The van der Waals surface area contributed by atoms with E-state index in [1.165, 1.54) is 6.92 Å². The lowest BCUT2D eigenvalue weighted by molar-refractivity contribution is -0.134. The molecule has 0 spiro atoms. The van der Waals surface area contributed by atoms with Gasteiger partial charge >= 0.3 is 0 Å². The average molecular weight is 270 g/mol. The Morgan fingerprint density at radius 2 is 2.16 bits per heavy atom. The van der Waals surface area contributed by atoms with E-state index in [0.29, 0.717) is 19.0 Å². The first-order valence-corrected chi connectivity index (χ1v) is 7.13. The van der Waals surface area contributed by atoms with Crippen molar-refractivity contribution in [1.29, 1.82) is 0 Å². The predicted octanol–water partition coefficient (Wildman–Crippen LogP) is 1.18. The molecular formula is C14H26N2O3. The first-order chi connectivity index (χ1) is 8.99. The third-order valence-electron chi connectivity index (χ3n) is 3.31. The summed E-state index contributed by atoms with van der Waals surface area (Å²) in [7, 11) is 0. The van der Waals surface area contributed by atoms with E-state index in [4.69, 9.17) is 4.74 Å². The van der Waals surface area contributed by atoms with Crippen LogP contribution in [0.2, 0.25) is 0 Å². The standard InChI is InChI=1S/C14H26N2O3/c1-11(2)6-7-16(12(3)17)10-14(18)15-9-13-5-4-8-19-13/h11,13H,4-10H2,1-3H3,(H,15,18). The van der Waals surface area contributed by atoms with Crippen molar-refractivity contribution in [2.24, 2.45) is 5.92 Å². The van der Waals surface area contributed by atoms with E-state index in [2.05, 4.69) is 19.2 Å². The summed E-state index contributed by atoms with van der Waals surface area (Å²) in [6.07, 6.45) is 3.13. The number of nitrogens with zero attached hydrogens (tertiary/aromatic N) is 1. The molecule has 1 heterocycles. The van der Waals surface area contributed by atoms with Crippen molar-refractivity contribution in [3.8, 4) is 0 Å². The molecule has 0 bridgehead atoms. The Kier molecular flexibility index (Phi) is 6.84. The minimum Gasteiger partial charge on any atom is -0.376 e. The molecule has 0 saturated carbocycles. The predicted molar refractivity (Wildman–Crippen MR) is 73.7 cm³/mol. The molecule has 1 aliphatic rings. The van der Waals surface area contributed by atoms with Gasteiger partial charge in [0.1, 0.15) is 0 Å². The van der Waals surface area contributed by atoms with Crippen LogP contribution in [0.3, 0.4) is 0 Å². The highest BCUT2D eigenvalue weighted by atomic mass is 16.5. The first-order valence-electron chi connectivity index (χ1n) is 7.13. The zero-order chi connectivity index (χ0) is 14.3. The number of rotatable bonds is 7. The van der Waals surface area contributed by atoms with Gasteiger partial charge < -0.3 is 15.0 Å². The smallest absolute Gasteiger partial charge is 0.239 e. The quantitative estimate of drug-likeness (QED) is 0.755. The Morgan fingerprint density at radius 1 is 1.42 bits per heavy atom. The second-order valence-electron chi connectivity index (χ2n) is 5.56. The Labute approximate surface area is 115 Å². The van der Waals surface area contributed by atoms with Crippen molar-refractivity contribution < 1.29 is 14.3 Å². The molecule has 1 aliphatic heterocycles. The van der Waals surface area contributed by atoms with Crippen LogP contribution in [0.1, 0.15) is 40.0 Å². The monoisotopic (exact) mass is 270 g/mol. The van der Waals surface area contributed by atoms with Crippen LogP contribution in [0.15, 0.2) is 0 Å². The van der Waals surface area contributed by atoms with Crippen LogP contribution in [0.4, 0.5) is 0 Å². The van der Waals surface area contributed by atoms with Crippen LogP contribution in [-0.4, -0.2) is 49.1 Å². The maximum absolute atomic E-state index is 11.8. The van der Waals surface area contributed by atoms with E-state index in [1.807, 2.05) is 0 Å². The van der Waals surface area contributed by atoms with Crippen molar-refractivity contribution in [3.05, 3.63) is 0 Å². The van der Waals surface area contributed by atoms with Crippen LogP contribution in [-0.2, 0) is 14.3 Å². The lowest BCUT2D eigenvalue weighted by atomic mass is 10.1. The van der Waals surface area contributed by atoms with Gasteiger partial charge in [0.15, 0.2) is 0 Å². The average Bonchev–Trinajstić information content (AvgIpc) is 2.84. The molecule has 0 aromatic rings. The van der Waals surface area contributed by atoms with Gasteiger partial charge in [-0.15, -0.1) is 0 Å². The summed E-state index contributed by atoms with van der Waals surface area (Å²) >= 11 is 0. The fraction of sp³-hybridized carbons (Fsp3) is 0.857. The molecule has 1 fully saturated rings. The second-order valence-corrected chi connectivity index (χ2v) is 5.56. The van der Waals surface area contributed by atoms with E-state index < -0.39 is 0 Å². The fourth-order valence-electron chi connectivity index (χ4n) is 2.02. The zero-order valence-corrected chi connectivity index (χ0v) is 12.3. The minimum absolute atomic E-state index is 0.0482. The zero-order valence-electron chi connectivity index (χ0n) is 12.3.